The van der Waals surface area contributed by atoms with E-state index >= 15 is 0 Å². The molecule has 1 amide bonds. The van der Waals surface area contributed by atoms with Gasteiger partial charge in [0.15, 0.2) is 6.61 Å². The number of rotatable bonds is 5. The molecule has 1 heterocycles. The van der Waals surface area contributed by atoms with E-state index in [4.69, 9.17) is 4.74 Å². The van der Waals surface area contributed by atoms with Crippen LogP contribution >= 0.6 is 0 Å². The number of hydrogen-bond donors (Lipinski definition) is 0. The third-order valence-electron chi connectivity index (χ3n) is 4.06. The second-order valence-corrected chi connectivity index (χ2v) is 9.58. The molecule has 1 aromatic carbocycles. The van der Waals surface area contributed by atoms with E-state index in [1.807, 2.05) is 20.8 Å². The topological polar surface area (TPSA) is 84.0 Å². The van der Waals surface area contributed by atoms with Gasteiger partial charge in [-0.2, -0.15) is 4.31 Å². The number of carbonyl (C=O) groups is 2. The van der Waals surface area contributed by atoms with Crippen molar-refractivity contribution in [3.63, 3.8) is 0 Å². The van der Waals surface area contributed by atoms with Crippen molar-refractivity contribution >= 4 is 21.9 Å². The fourth-order valence-corrected chi connectivity index (χ4v) is 4.13. The number of benzene rings is 1. The first-order valence-electron chi connectivity index (χ1n) is 8.68. The molecule has 7 nitrogen and oxygen atoms in total. The molecule has 0 aliphatic carbocycles. The van der Waals surface area contributed by atoms with Gasteiger partial charge in [-0.3, -0.25) is 9.59 Å². The highest BCUT2D eigenvalue weighted by Crippen LogP contribution is 2.20. The molecule has 0 spiro atoms. The molecule has 0 aromatic heterocycles. The Morgan fingerprint density at radius 3 is 2.33 bits per heavy atom. The molecule has 0 unspecified atom stereocenters. The van der Waals surface area contributed by atoms with Crippen molar-refractivity contribution in [2.24, 2.45) is 5.41 Å². The first-order valence-corrected chi connectivity index (χ1v) is 10.1. The van der Waals surface area contributed by atoms with Gasteiger partial charge < -0.3 is 9.64 Å². The minimum Gasteiger partial charge on any atom is -0.456 e. The minimum absolute atomic E-state index is 0.0977. The molecule has 0 saturated carbocycles. The van der Waals surface area contributed by atoms with Crippen LogP contribution in [0.4, 0.5) is 4.39 Å². The van der Waals surface area contributed by atoms with Gasteiger partial charge in [-0.25, -0.2) is 12.8 Å². The molecule has 1 saturated heterocycles. The number of sulfonamides is 1. The van der Waals surface area contributed by atoms with E-state index in [2.05, 4.69) is 0 Å². The monoisotopic (exact) mass is 400 g/mol. The molecule has 0 bridgehead atoms. The first-order chi connectivity index (χ1) is 12.5. The highest BCUT2D eigenvalue weighted by molar-refractivity contribution is 7.89. The lowest BCUT2D eigenvalue weighted by atomic mass is 9.92. The van der Waals surface area contributed by atoms with Gasteiger partial charge in [0.1, 0.15) is 5.82 Å². The van der Waals surface area contributed by atoms with Crippen LogP contribution in [0.3, 0.4) is 0 Å². The lowest BCUT2D eigenvalue weighted by Gasteiger charge is -2.33. The van der Waals surface area contributed by atoms with Crippen molar-refractivity contribution in [1.29, 1.82) is 0 Å². The van der Waals surface area contributed by atoms with Crippen molar-refractivity contribution < 1.29 is 27.1 Å². The van der Waals surface area contributed by atoms with E-state index in [0.717, 1.165) is 6.07 Å². The molecule has 1 fully saturated rings. The Morgan fingerprint density at radius 1 is 1.15 bits per heavy atom. The summed E-state index contributed by atoms with van der Waals surface area (Å²) in [5.74, 6) is -1.43. The normalized spacial score (nSPS) is 16.2. The van der Waals surface area contributed by atoms with Crippen LogP contribution in [-0.2, 0) is 24.3 Å². The summed E-state index contributed by atoms with van der Waals surface area (Å²) in [6.45, 7) is 5.90. The molecule has 9 heteroatoms. The van der Waals surface area contributed by atoms with Gasteiger partial charge in [0.2, 0.25) is 10.0 Å². The van der Waals surface area contributed by atoms with Gasteiger partial charge in [-0.05, 0) is 23.6 Å². The Labute approximate surface area is 159 Å². The average molecular weight is 400 g/mol. The zero-order valence-electron chi connectivity index (χ0n) is 15.8. The maximum Gasteiger partial charge on any atom is 0.306 e. The molecule has 0 N–H and O–H groups in total. The average Bonchev–Trinajstić information content (AvgIpc) is 2.58. The summed E-state index contributed by atoms with van der Waals surface area (Å²) in [6.07, 6.45) is 0.208. The summed E-state index contributed by atoms with van der Waals surface area (Å²) in [5, 5.41) is 0. The maximum atomic E-state index is 13.3. The fourth-order valence-electron chi connectivity index (χ4n) is 2.67. The van der Waals surface area contributed by atoms with Gasteiger partial charge in [0.25, 0.3) is 5.91 Å². The number of piperazine rings is 1. The predicted octanol–water partition coefficient (Wildman–Crippen LogP) is 1.64. The molecule has 2 rings (SSSR count). The molecule has 1 aliphatic heterocycles. The fraction of sp³-hybridized carbons (Fsp3) is 0.556. The SMILES string of the molecule is CC(C)(C)CC(=O)OCC(=O)N1CCN(S(=O)(=O)c2cccc(F)c2)CC1. The Bertz CT molecular complexity index is 796. The highest BCUT2D eigenvalue weighted by atomic mass is 32.2. The second-order valence-electron chi connectivity index (χ2n) is 7.64. The number of amides is 1. The maximum absolute atomic E-state index is 13.3. The van der Waals surface area contributed by atoms with E-state index in [0.29, 0.717) is 0 Å². The number of ether oxygens (including phenoxy) is 1. The van der Waals surface area contributed by atoms with Crippen LogP contribution in [0.1, 0.15) is 27.2 Å². The van der Waals surface area contributed by atoms with Crippen LogP contribution in [0.2, 0.25) is 0 Å². The highest BCUT2D eigenvalue weighted by Gasteiger charge is 2.30. The quantitative estimate of drug-likeness (QED) is 0.702. The number of hydrogen-bond acceptors (Lipinski definition) is 5. The summed E-state index contributed by atoms with van der Waals surface area (Å²) in [4.78, 5) is 25.2. The summed E-state index contributed by atoms with van der Waals surface area (Å²) in [5.41, 5.74) is -0.225. The van der Waals surface area contributed by atoms with Gasteiger partial charge in [-0.15, -0.1) is 0 Å². The largest absolute Gasteiger partial charge is 0.456 e. The molecule has 0 radical (unpaired) electrons. The minimum atomic E-state index is -3.81. The third-order valence-corrected chi connectivity index (χ3v) is 5.95. The summed E-state index contributed by atoms with van der Waals surface area (Å²) in [6, 6.07) is 4.83. The van der Waals surface area contributed by atoms with E-state index in [1.54, 1.807) is 0 Å². The Morgan fingerprint density at radius 2 is 1.78 bits per heavy atom. The molecule has 1 aliphatic rings. The Hall–Kier alpha value is -2.00. The van der Waals surface area contributed by atoms with Crippen LogP contribution in [0.5, 0.6) is 0 Å². The number of esters is 1. The summed E-state index contributed by atoms with van der Waals surface area (Å²) in [7, 11) is -3.81. The van der Waals surface area contributed by atoms with E-state index in [9.17, 15) is 22.4 Å². The number of halogens is 1. The molecular formula is C18H25FN2O5S. The van der Waals surface area contributed by atoms with Gasteiger partial charge in [0, 0.05) is 26.2 Å². The van der Waals surface area contributed by atoms with Crippen LogP contribution in [0, 0.1) is 11.2 Å². The number of nitrogens with zero attached hydrogens (tertiary/aromatic N) is 2. The predicted molar refractivity (Wildman–Crippen MR) is 96.8 cm³/mol. The smallest absolute Gasteiger partial charge is 0.306 e. The Kier molecular flexibility index (Phi) is 6.59. The van der Waals surface area contributed by atoms with E-state index < -0.39 is 21.8 Å². The molecule has 27 heavy (non-hydrogen) atoms. The van der Waals surface area contributed by atoms with Crippen LogP contribution in [0.15, 0.2) is 29.2 Å². The van der Waals surface area contributed by atoms with Gasteiger partial charge in [-0.1, -0.05) is 26.8 Å². The Balaban J connectivity index is 1.87. The zero-order chi connectivity index (χ0) is 20.2. The van der Waals surface area contributed by atoms with Crippen LogP contribution < -0.4 is 0 Å². The van der Waals surface area contributed by atoms with Crippen molar-refractivity contribution in [3.8, 4) is 0 Å². The lowest BCUT2D eigenvalue weighted by Crippen LogP contribution is -2.51. The van der Waals surface area contributed by atoms with Crippen molar-refractivity contribution in [2.75, 3.05) is 32.8 Å². The van der Waals surface area contributed by atoms with E-state index in [1.165, 1.54) is 27.4 Å². The standard InChI is InChI=1S/C18H25FN2O5S/c1-18(2,3)12-17(23)26-13-16(22)20-7-9-21(10-8-20)27(24,25)15-6-4-5-14(19)11-15/h4-6,11H,7-10,12-13H2,1-3H3. The van der Waals surface area contributed by atoms with Gasteiger partial charge >= 0.3 is 5.97 Å². The summed E-state index contributed by atoms with van der Waals surface area (Å²) < 4.78 is 44.6. The first kappa shape index (κ1) is 21.3. The van der Waals surface area contributed by atoms with Crippen molar-refractivity contribution in [2.45, 2.75) is 32.1 Å². The third kappa shape index (κ3) is 6.00. The van der Waals surface area contributed by atoms with Crippen molar-refractivity contribution in [3.05, 3.63) is 30.1 Å². The van der Waals surface area contributed by atoms with Crippen LogP contribution in [0.25, 0.3) is 0 Å². The van der Waals surface area contributed by atoms with Crippen LogP contribution in [-0.4, -0.2) is 62.3 Å². The van der Waals surface area contributed by atoms with Crippen molar-refractivity contribution in [1.82, 2.24) is 9.21 Å². The molecule has 1 aromatic rings. The second kappa shape index (κ2) is 8.35. The molecule has 150 valence electrons. The zero-order valence-corrected chi connectivity index (χ0v) is 16.6. The van der Waals surface area contributed by atoms with E-state index in [-0.39, 0.29) is 55.4 Å². The molecule has 0 atom stereocenters. The lowest BCUT2D eigenvalue weighted by molar-refractivity contribution is -0.154. The molecular weight excluding hydrogens is 375 g/mol. The summed E-state index contributed by atoms with van der Waals surface area (Å²) >= 11 is 0. The number of carbonyl (C=O) groups excluding carboxylic acids is 2. The van der Waals surface area contributed by atoms with Gasteiger partial charge in [0.05, 0.1) is 11.3 Å².